The molecule has 7 heteroatoms. The van der Waals surface area contributed by atoms with Crippen LogP contribution in [0.3, 0.4) is 0 Å². The Morgan fingerprint density at radius 1 is 1.28 bits per heavy atom. The van der Waals surface area contributed by atoms with Crippen molar-refractivity contribution in [2.75, 3.05) is 13.1 Å². The van der Waals surface area contributed by atoms with Crippen LogP contribution in [0.25, 0.3) is 0 Å². The molecule has 1 aromatic heterocycles. The van der Waals surface area contributed by atoms with Crippen LogP contribution in [0.15, 0.2) is 36.4 Å². The van der Waals surface area contributed by atoms with Crippen molar-refractivity contribution in [2.24, 2.45) is 0 Å². The molecule has 0 aliphatic carbocycles. The number of benzene rings is 1. The van der Waals surface area contributed by atoms with E-state index in [4.69, 9.17) is 4.98 Å². The number of nitrogens with one attached hydrogen (secondary N) is 1. The fourth-order valence-electron chi connectivity index (χ4n) is 3.81. The molecule has 0 atom stereocenters. The lowest BCUT2D eigenvalue weighted by molar-refractivity contribution is -0.384. The molecule has 0 spiro atoms. The number of non-ortho nitro benzene ring substituents is 1. The summed E-state index contributed by atoms with van der Waals surface area (Å²) in [5, 5.41) is 13.9. The number of piperidine rings is 1. The van der Waals surface area contributed by atoms with Gasteiger partial charge in [0.1, 0.15) is 0 Å². The Balaban J connectivity index is 1.68. The van der Waals surface area contributed by atoms with Gasteiger partial charge in [-0.3, -0.25) is 24.8 Å². The summed E-state index contributed by atoms with van der Waals surface area (Å²) in [4.78, 5) is 30.2. The van der Waals surface area contributed by atoms with Crippen molar-refractivity contribution in [1.29, 1.82) is 0 Å². The Kier molecular flexibility index (Phi) is 6.59. The molecule has 3 rings (SSSR count). The Morgan fingerprint density at radius 3 is 2.66 bits per heavy atom. The predicted octanol–water partition coefficient (Wildman–Crippen LogP) is 3.82. The van der Waals surface area contributed by atoms with E-state index in [0.717, 1.165) is 42.9 Å². The maximum atomic E-state index is 12.6. The molecule has 1 fully saturated rings. The van der Waals surface area contributed by atoms with Gasteiger partial charge in [-0.25, -0.2) is 0 Å². The first-order chi connectivity index (χ1) is 13.8. The van der Waals surface area contributed by atoms with E-state index >= 15 is 0 Å². The minimum Gasteiger partial charge on any atom is -0.350 e. The SMILES string of the molecule is Cc1ccc(C(=O)NC(C)C)c(C2CCN(Cc3cccc([N+](=O)[O-])c3)CC2)n1. The average Bonchev–Trinajstić information content (AvgIpc) is 2.68. The molecule has 1 aliphatic rings. The van der Waals surface area contributed by atoms with Crippen LogP contribution in [-0.4, -0.2) is 39.8 Å². The van der Waals surface area contributed by atoms with Crippen molar-refractivity contribution in [3.05, 3.63) is 69.0 Å². The second kappa shape index (κ2) is 9.13. The van der Waals surface area contributed by atoms with Crippen molar-refractivity contribution in [1.82, 2.24) is 15.2 Å². The summed E-state index contributed by atoms with van der Waals surface area (Å²) in [6.45, 7) is 8.28. The molecule has 29 heavy (non-hydrogen) atoms. The van der Waals surface area contributed by atoms with Gasteiger partial charge in [0, 0.05) is 36.3 Å². The molecule has 1 N–H and O–H groups in total. The van der Waals surface area contributed by atoms with E-state index in [1.54, 1.807) is 12.1 Å². The van der Waals surface area contributed by atoms with E-state index in [0.29, 0.717) is 12.1 Å². The number of hydrogen-bond donors (Lipinski definition) is 1. The van der Waals surface area contributed by atoms with Crippen LogP contribution >= 0.6 is 0 Å². The third kappa shape index (κ3) is 5.38. The highest BCUT2D eigenvalue weighted by Gasteiger charge is 2.26. The lowest BCUT2D eigenvalue weighted by Crippen LogP contribution is -2.35. The molecule has 7 nitrogen and oxygen atoms in total. The summed E-state index contributed by atoms with van der Waals surface area (Å²) >= 11 is 0. The van der Waals surface area contributed by atoms with E-state index < -0.39 is 0 Å². The van der Waals surface area contributed by atoms with Gasteiger partial charge in [-0.1, -0.05) is 12.1 Å². The number of carbonyl (C=O) groups is 1. The van der Waals surface area contributed by atoms with Crippen LogP contribution in [0.4, 0.5) is 5.69 Å². The lowest BCUT2D eigenvalue weighted by atomic mass is 9.89. The van der Waals surface area contributed by atoms with Crippen LogP contribution in [0.5, 0.6) is 0 Å². The smallest absolute Gasteiger partial charge is 0.269 e. The Labute approximate surface area is 171 Å². The molecule has 0 bridgehead atoms. The quantitative estimate of drug-likeness (QED) is 0.592. The highest BCUT2D eigenvalue weighted by Crippen LogP contribution is 2.30. The zero-order valence-corrected chi connectivity index (χ0v) is 17.2. The van der Waals surface area contributed by atoms with Crippen LogP contribution in [0.1, 0.15) is 59.9 Å². The van der Waals surface area contributed by atoms with Crippen molar-refractivity contribution in [3.8, 4) is 0 Å². The first-order valence-corrected chi connectivity index (χ1v) is 10.1. The van der Waals surface area contributed by atoms with E-state index in [1.807, 2.05) is 39.0 Å². The standard InChI is InChI=1S/C22H28N4O3/c1-15(2)23-22(27)20-8-7-16(3)24-21(20)18-9-11-25(12-10-18)14-17-5-4-6-19(13-17)26(28)29/h4-8,13,15,18H,9-12,14H2,1-3H3,(H,23,27). The zero-order valence-electron chi connectivity index (χ0n) is 17.2. The number of carbonyl (C=O) groups excluding carboxylic acids is 1. The average molecular weight is 396 g/mol. The molecule has 0 saturated carbocycles. The summed E-state index contributed by atoms with van der Waals surface area (Å²) < 4.78 is 0. The molecule has 1 aliphatic heterocycles. The van der Waals surface area contributed by atoms with Gasteiger partial charge in [-0.05, 0) is 64.4 Å². The number of aromatic nitrogens is 1. The molecular formula is C22H28N4O3. The third-order valence-electron chi connectivity index (χ3n) is 5.23. The predicted molar refractivity (Wildman–Crippen MR) is 112 cm³/mol. The first-order valence-electron chi connectivity index (χ1n) is 10.1. The van der Waals surface area contributed by atoms with Crippen molar-refractivity contribution in [2.45, 2.75) is 52.1 Å². The summed E-state index contributed by atoms with van der Waals surface area (Å²) in [7, 11) is 0. The maximum absolute atomic E-state index is 12.6. The lowest BCUT2D eigenvalue weighted by Gasteiger charge is -2.32. The van der Waals surface area contributed by atoms with Gasteiger partial charge >= 0.3 is 0 Å². The second-order valence-corrected chi connectivity index (χ2v) is 7.99. The zero-order chi connectivity index (χ0) is 21.0. The molecule has 1 aromatic carbocycles. The highest BCUT2D eigenvalue weighted by atomic mass is 16.6. The number of nitrogens with zero attached hydrogens (tertiary/aromatic N) is 3. The molecule has 1 amide bonds. The van der Waals surface area contributed by atoms with Crippen molar-refractivity contribution < 1.29 is 9.72 Å². The highest BCUT2D eigenvalue weighted by molar-refractivity contribution is 5.95. The molecule has 0 radical (unpaired) electrons. The van der Waals surface area contributed by atoms with Gasteiger partial charge in [-0.2, -0.15) is 0 Å². The molecule has 154 valence electrons. The topological polar surface area (TPSA) is 88.4 Å². The number of rotatable bonds is 6. The Morgan fingerprint density at radius 2 is 2.00 bits per heavy atom. The van der Waals surface area contributed by atoms with Gasteiger partial charge in [0.15, 0.2) is 0 Å². The monoisotopic (exact) mass is 396 g/mol. The fourth-order valence-corrected chi connectivity index (χ4v) is 3.81. The number of nitro groups is 1. The first kappa shape index (κ1) is 20.9. The van der Waals surface area contributed by atoms with Crippen LogP contribution in [-0.2, 0) is 6.54 Å². The number of aryl methyl sites for hydroxylation is 1. The van der Waals surface area contributed by atoms with E-state index in [9.17, 15) is 14.9 Å². The normalized spacial score (nSPS) is 15.4. The maximum Gasteiger partial charge on any atom is 0.269 e. The van der Waals surface area contributed by atoms with Gasteiger partial charge in [0.05, 0.1) is 16.2 Å². The van der Waals surface area contributed by atoms with Crippen LogP contribution in [0, 0.1) is 17.0 Å². The second-order valence-electron chi connectivity index (χ2n) is 7.99. The largest absolute Gasteiger partial charge is 0.350 e. The minimum atomic E-state index is -0.358. The summed E-state index contributed by atoms with van der Waals surface area (Å²) in [6, 6.07) is 10.7. The molecular weight excluding hydrogens is 368 g/mol. The molecule has 2 heterocycles. The van der Waals surface area contributed by atoms with E-state index in [2.05, 4.69) is 10.2 Å². The molecule has 2 aromatic rings. The van der Waals surface area contributed by atoms with Crippen LogP contribution < -0.4 is 5.32 Å². The van der Waals surface area contributed by atoms with Crippen LogP contribution in [0.2, 0.25) is 0 Å². The Hall–Kier alpha value is -2.80. The van der Waals surface area contributed by atoms with Crippen molar-refractivity contribution in [3.63, 3.8) is 0 Å². The number of amides is 1. The Bertz CT molecular complexity index is 889. The number of likely N-dealkylation sites (tertiary alicyclic amines) is 1. The van der Waals surface area contributed by atoms with Gasteiger partial charge in [0.2, 0.25) is 0 Å². The summed E-state index contributed by atoms with van der Waals surface area (Å²) in [5.41, 5.74) is 3.55. The number of pyridine rings is 1. The third-order valence-corrected chi connectivity index (χ3v) is 5.23. The molecule has 0 unspecified atom stereocenters. The van der Waals surface area contributed by atoms with Crippen molar-refractivity contribution >= 4 is 11.6 Å². The van der Waals surface area contributed by atoms with Gasteiger partial charge in [-0.15, -0.1) is 0 Å². The van der Waals surface area contributed by atoms with Gasteiger partial charge < -0.3 is 5.32 Å². The van der Waals surface area contributed by atoms with E-state index in [1.165, 1.54) is 6.07 Å². The summed E-state index contributed by atoms with van der Waals surface area (Å²) in [6.07, 6.45) is 1.82. The fraction of sp³-hybridized carbons (Fsp3) is 0.455. The number of hydrogen-bond acceptors (Lipinski definition) is 5. The van der Waals surface area contributed by atoms with Gasteiger partial charge in [0.25, 0.3) is 11.6 Å². The minimum absolute atomic E-state index is 0.0680. The number of nitro benzene ring substituents is 1. The van der Waals surface area contributed by atoms with E-state index in [-0.39, 0.29) is 28.5 Å². The summed E-state index contributed by atoms with van der Waals surface area (Å²) in [5.74, 6) is 0.172. The molecule has 1 saturated heterocycles.